The smallest absolute Gasteiger partial charge is 0.343 e. The molecule has 0 spiro atoms. The fourth-order valence-electron chi connectivity index (χ4n) is 4.96. The zero-order valence-corrected chi connectivity index (χ0v) is 21.4. The van der Waals surface area contributed by atoms with E-state index in [1.165, 1.54) is 0 Å². The highest BCUT2D eigenvalue weighted by Crippen LogP contribution is 2.41. The Balaban J connectivity index is 1.81. The lowest BCUT2D eigenvalue weighted by Crippen LogP contribution is -2.49. The lowest BCUT2D eigenvalue weighted by molar-refractivity contribution is -0.172. The van der Waals surface area contributed by atoms with E-state index < -0.39 is 19.6 Å². The quantitative estimate of drug-likeness (QED) is 0.338. The lowest BCUT2D eigenvalue weighted by atomic mass is 9.86. The molecule has 0 saturated heterocycles. The molecular weight excluding hydrogens is 448 g/mol. The zero-order chi connectivity index (χ0) is 24.8. The molecule has 2 N–H and O–H groups in total. The van der Waals surface area contributed by atoms with Crippen molar-refractivity contribution in [1.29, 1.82) is 0 Å². The second-order valence-electron chi connectivity index (χ2n) is 11.0. The Labute approximate surface area is 199 Å². The molecule has 34 heavy (non-hydrogen) atoms. The van der Waals surface area contributed by atoms with Gasteiger partial charge in [0.05, 0.1) is 37.1 Å². The number of esters is 1. The van der Waals surface area contributed by atoms with Crippen LogP contribution in [0.3, 0.4) is 0 Å². The summed E-state index contributed by atoms with van der Waals surface area (Å²) in [6.07, 6.45) is 0.100. The minimum Gasteiger partial charge on any atom is -0.507 e. The number of carbonyl (C=O) groups excluding carboxylic acids is 1. The van der Waals surface area contributed by atoms with Crippen LogP contribution < -0.4 is 10.7 Å². The molecule has 0 fully saturated rings. The average Bonchev–Trinajstić information content (AvgIpc) is 3.13. The van der Waals surface area contributed by atoms with E-state index in [-0.39, 0.29) is 29.4 Å². The third-order valence-electron chi connectivity index (χ3n) is 8.20. The number of phenolic OH excluding ortho intramolecular Hbond substituents is 1. The number of aromatic nitrogens is 2. The SMILES string of the molecule is CC[C@@]1(O)C(=O)OCc2c1cc1n(c2=O)Cc2cc3c(O)ccc([Si](C)(C)C(C)(C)C)c3nc2-1. The Kier molecular flexibility index (Phi) is 4.71. The Morgan fingerprint density at radius 2 is 1.91 bits per heavy atom. The van der Waals surface area contributed by atoms with Crippen LogP contribution in [-0.2, 0) is 28.3 Å². The first-order chi connectivity index (χ1) is 15.8. The molecule has 7 nitrogen and oxygen atoms in total. The minimum atomic E-state index is -2.01. The van der Waals surface area contributed by atoms with E-state index in [1.54, 1.807) is 23.6 Å². The number of nitrogens with zero attached hydrogens (tertiary/aromatic N) is 2. The number of cyclic esters (lactones) is 1. The molecule has 0 unspecified atom stereocenters. The zero-order valence-electron chi connectivity index (χ0n) is 20.4. The van der Waals surface area contributed by atoms with Gasteiger partial charge in [0.2, 0.25) is 0 Å². The van der Waals surface area contributed by atoms with E-state index in [2.05, 4.69) is 33.9 Å². The van der Waals surface area contributed by atoms with Gasteiger partial charge in [0.25, 0.3) is 5.56 Å². The van der Waals surface area contributed by atoms with Crippen LogP contribution in [0.4, 0.5) is 0 Å². The minimum absolute atomic E-state index is 0.0590. The van der Waals surface area contributed by atoms with Crippen molar-refractivity contribution in [2.75, 3.05) is 0 Å². The summed E-state index contributed by atoms with van der Waals surface area (Å²) in [5.74, 6) is -0.573. The highest BCUT2D eigenvalue weighted by atomic mass is 28.3. The van der Waals surface area contributed by atoms with E-state index in [0.29, 0.717) is 34.4 Å². The number of benzene rings is 1. The molecule has 0 saturated carbocycles. The average molecular weight is 479 g/mol. The van der Waals surface area contributed by atoms with Gasteiger partial charge in [-0.1, -0.05) is 46.9 Å². The normalized spacial score (nSPS) is 19.6. The number of phenols is 1. The van der Waals surface area contributed by atoms with Crippen LogP contribution in [0.5, 0.6) is 5.75 Å². The van der Waals surface area contributed by atoms with E-state index in [4.69, 9.17) is 9.72 Å². The predicted octanol–water partition coefficient (Wildman–Crippen LogP) is 3.50. The number of pyridine rings is 2. The van der Waals surface area contributed by atoms with E-state index >= 15 is 0 Å². The van der Waals surface area contributed by atoms with Gasteiger partial charge in [0, 0.05) is 16.5 Å². The molecule has 2 aliphatic heterocycles. The standard InChI is InChI=1S/C26H30N2O5Si/c1-7-26(32)17-11-18-21-14(12-28(18)23(30)16(17)13-33-24(26)31)10-15-19(29)8-9-20(22(15)27-21)34(5,6)25(2,3)4/h8-11,29,32H,7,12-13H2,1-6H3/t26-/m0/s1. The topological polar surface area (TPSA) is 102 Å². The molecule has 0 aliphatic carbocycles. The number of ether oxygens (including phenoxy) is 1. The van der Waals surface area contributed by atoms with Crippen LogP contribution in [0.1, 0.15) is 50.8 Å². The summed E-state index contributed by atoms with van der Waals surface area (Å²) >= 11 is 0. The highest BCUT2D eigenvalue weighted by molar-refractivity contribution is 6.93. The first-order valence-electron chi connectivity index (χ1n) is 11.6. The van der Waals surface area contributed by atoms with Gasteiger partial charge in [0.1, 0.15) is 12.4 Å². The van der Waals surface area contributed by atoms with Crippen LogP contribution in [0.2, 0.25) is 18.1 Å². The number of rotatable bonds is 2. The van der Waals surface area contributed by atoms with Gasteiger partial charge in [-0.2, -0.15) is 0 Å². The van der Waals surface area contributed by atoms with Gasteiger partial charge in [-0.3, -0.25) is 4.79 Å². The van der Waals surface area contributed by atoms with Crippen LogP contribution in [-0.4, -0.2) is 33.8 Å². The Bertz CT molecular complexity index is 1450. The summed E-state index contributed by atoms with van der Waals surface area (Å²) in [4.78, 5) is 30.8. The van der Waals surface area contributed by atoms with Crippen molar-refractivity contribution in [3.05, 3.63) is 51.3 Å². The summed E-state index contributed by atoms with van der Waals surface area (Å²) in [5.41, 5.74) is 1.25. The number of carbonyl (C=O) groups is 1. The summed E-state index contributed by atoms with van der Waals surface area (Å²) in [6.45, 7) is 13.1. The monoisotopic (exact) mass is 478 g/mol. The third-order valence-corrected chi connectivity index (χ3v) is 13.7. The molecule has 2 aromatic heterocycles. The third kappa shape index (κ3) is 2.88. The fourth-order valence-corrected chi connectivity index (χ4v) is 7.05. The molecule has 8 heteroatoms. The predicted molar refractivity (Wildman–Crippen MR) is 133 cm³/mol. The van der Waals surface area contributed by atoms with Crippen molar-refractivity contribution in [2.24, 2.45) is 0 Å². The van der Waals surface area contributed by atoms with Crippen molar-refractivity contribution >= 4 is 30.1 Å². The second-order valence-corrected chi connectivity index (χ2v) is 16.3. The van der Waals surface area contributed by atoms with Crippen LogP contribution in [0.25, 0.3) is 22.3 Å². The maximum atomic E-state index is 13.4. The van der Waals surface area contributed by atoms with Crippen molar-refractivity contribution in [3.63, 3.8) is 0 Å². The van der Waals surface area contributed by atoms with Crippen molar-refractivity contribution in [3.8, 4) is 17.1 Å². The molecule has 0 amide bonds. The highest BCUT2D eigenvalue weighted by Gasteiger charge is 2.45. The van der Waals surface area contributed by atoms with E-state index in [0.717, 1.165) is 16.3 Å². The summed E-state index contributed by atoms with van der Waals surface area (Å²) < 4.78 is 6.76. The number of aromatic hydroxyl groups is 1. The molecule has 0 radical (unpaired) electrons. The summed E-state index contributed by atoms with van der Waals surface area (Å²) in [7, 11) is -2.01. The number of fused-ring (bicyclic) bond motifs is 5. The summed E-state index contributed by atoms with van der Waals surface area (Å²) in [5, 5.41) is 23.6. The van der Waals surface area contributed by atoms with Crippen LogP contribution in [0.15, 0.2) is 29.1 Å². The lowest BCUT2D eigenvalue weighted by Gasteiger charge is -2.37. The first-order valence-corrected chi connectivity index (χ1v) is 14.6. The molecule has 5 rings (SSSR count). The van der Waals surface area contributed by atoms with Crippen molar-refractivity contribution in [1.82, 2.24) is 9.55 Å². The molecule has 4 heterocycles. The van der Waals surface area contributed by atoms with Crippen LogP contribution >= 0.6 is 0 Å². The Morgan fingerprint density at radius 1 is 1.21 bits per heavy atom. The maximum absolute atomic E-state index is 13.4. The molecule has 1 aromatic carbocycles. The largest absolute Gasteiger partial charge is 0.507 e. The van der Waals surface area contributed by atoms with Gasteiger partial charge in [0.15, 0.2) is 5.60 Å². The summed E-state index contributed by atoms with van der Waals surface area (Å²) in [6, 6.07) is 7.36. The van der Waals surface area contributed by atoms with Crippen molar-refractivity contribution in [2.45, 2.75) is 71.0 Å². The van der Waals surface area contributed by atoms with Gasteiger partial charge < -0.3 is 19.5 Å². The number of hydrogen-bond donors (Lipinski definition) is 2. The maximum Gasteiger partial charge on any atom is 0.343 e. The molecule has 1 atom stereocenters. The molecule has 3 aromatic rings. The van der Waals surface area contributed by atoms with E-state index in [1.807, 2.05) is 12.1 Å². The van der Waals surface area contributed by atoms with E-state index in [9.17, 15) is 19.8 Å². The molecular formula is C26H30N2O5Si. The molecule has 0 bridgehead atoms. The first kappa shape index (κ1) is 22.8. The molecule has 178 valence electrons. The number of aliphatic hydroxyl groups is 1. The van der Waals surface area contributed by atoms with Crippen molar-refractivity contribution < 1.29 is 19.7 Å². The Hall–Kier alpha value is -2.97. The van der Waals surface area contributed by atoms with Gasteiger partial charge >= 0.3 is 5.97 Å². The fraction of sp³-hybridized carbons (Fsp3) is 0.423. The van der Waals surface area contributed by atoms with Gasteiger partial charge in [-0.05, 0) is 34.8 Å². The van der Waals surface area contributed by atoms with Gasteiger partial charge in [-0.25, -0.2) is 9.78 Å². The second kappa shape index (κ2) is 7.02. The Morgan fingerprint density at radius 3 is 2.56 bits per heavy atom. The molecule has 2 aliphatic rings. The van der Waals surface area contributed by atoms with Crippen LogP contribution in [0, 0.1) is 0 Å². The number of hydrogen-bond acceptors (Lipinski definition) is 6. The van der Waals surface area contributed by atoms with Gasteiger partial charge in [-0.15, -0.1) is 0 Å².